The summed E-state index contributed by atoms with van der Waals surface area (Å²) in [6.45, 7) is 0.407. The Morgan fingerprint density at radius 2 is 2.45 bits per heavy atom. The largest absolute Gasteiger partial charge is 0.394 e. The van der Waals surface area contributed by atoms with E-state index in [1.807, 2.05) is 0 Å². The van der Waals surface area contributed by atoms with E-state index in [1.54, 1.807) is 24.1 Å². The molecule has 4 heteroatoms. The average Bonchev–Trinajstić information content (AvgIpc) is 1.98. The van der Waals surface area contributed by atoms with Crippen LogP contribution in [0, 0.1) is 0 Å². The zero-order valence-corrected chi connectivity index (χ0v) is 6.28. The summed E-state index contributed by atoms with van der Waals surface area (Å²) >= 11 is 0. The van der Waals surface area contributed by atoms with Gasteiger partial charge in [-0.25, -0.2) is 0 Å². The van der Waals surface area contributed by atoms with Crippen molar-refractivity contribution in [1.82, 2.24) is 4.57 Å². The summed E-state index contributed by atoms with van der Waals surface area (Å²) in [4.78, 5) is 10.8. The lowest BCUT2D eigenvalue weighted by molar-refractivity contribution is 0.131. The maximum atomic E-state index is 10.8. The second-order valence-corrected chi connectivity index (χ2v) is 2.20. The number of hydrogen-bond acceptors (Lipinski definition) is 3. The molecule has 0 fully saturated rings. The van der Waals surface area contributed by atoms with Gasteiger partial charge in [0.1, 0.15) is 6.73 Å². The van der Waals surface area contributed by atoms with Gasteiger partial charge in [0.15, 0.2) is 0 Å². The number of rotatable bonds is 2. The first-order chi connectivity index (χ1) is 5.24. The minimum atomic E-state index is -0.155. The molecule has 0 amide bonds. The van der Waals surface area contributed by atoms with Crippen molar-refractivity contribution >= 4 is 5.69 Å². The van der Waals surface area contributed by atoms with E-state index in [9.17, 15) is 4.79 Å². The maximum absolute atomic E-state index is 10.8. The molecule has 2 N–H and O–H groups in total. The third-order valence-corrected chi connectivity index (χ3v) is 1.28. The number of pyridine rings is 1. The Labute approximate surface area is 64.2 Å². The third-order valence-electron chi connectivity index (χ3n) is 1.28. The zero-order valence-electron chi connectivity index (χ0n) is 6.28. The molecule has 0 saturated carbocycles. The van der Waals surface area contributed by atoms with Crippen LogP contribution in [0.5, 0.6) is 0 Å². The predicted molar refractivity (Wildman–Crippen MR) is 42.1 cm³/mol. The fraction of sp³-hybridized carbons (Fsp3) is 0.286. The number of nitrogens with zero attached hydrogens (tertiary/aromatic N) is 1. The van der Waals surface area contributed by atoms with Crippen molar-refractivity contribution in [2.45, 2.75) is 6.73 Å². The molecule has 1 rings (SSSR count). The van der Waals surface area contributed by atoms with Gasteiger partial charge < -0.3 is 15.0 Å². The monoisotopic (exact) mass is 154 g/mol. The van der Waals surface area contributed by atoms with E-state index in [0.29, 0.717) is 6.73 Å². The van der Waals surface area contributed by atoms with E-state index in [1.165, 1.54) is 6.07 Å². The van der Waals surface area contributed by atoms with Gasteiger partial charge in [0.05, 0.1) is 5.69 Å². The molecule has 0 aliphatic heterocycles. The molecule has 0 bridgehead atoms. The second kappa shape index (κ2) is 3.21. The highest BCUT2D eigenvalue weighted by molar-refractivity contribution is 5.33. The summed E-state index contributed by atoms with van der Waals surface area (Å²) in [6.07, 6.45) is 3.17. The van der Waals surface area contributed by atoms with Gasteiger partial charge in [0, 0.05) is 25.6 Å². The molecule has 4 nitrogen and oxygen atoms in total. The third kappa shape index (κ3) is 1.81. The highest BCUT2D eigenvalue weighted by atomic mass is 16.5. The van der Waals surface area contributed by atoms with E-state index in [2.05, 4.69) is 0 Å². The van der Waals surface area contributed by atoms with Gasteiger partial charge in [-0.15, -0.1) is 0 Å². The summed E-state index contributed by atoms with van der Waals surface area (Å²) in [5, 5.41) is 0. The lowest BCUT2D eigenvalue weighted by atomic mass is 10.4. The van der Waals surface area contributed by atoms with E-state index in [-0.39, 0.29) is 11.1 Å². The summed E-state index contributed by atoms with van der Waals surface area (Å²) in [6, 6.07) is 1.41. The molecule has 60 valence electrons. The van der Waals surface area contributed by atoms with Crippen LogP contribution in [0.2, 0.25) is 0 Å². The molecule has 0 aliphatic carbocycles. The molecule has 0 aromatic carbocycles. The number of nitrogens with two attached hydrogens (primary N) is 1. The predicted octanol–water partition coefficient (Wildman–Crippen LogP) is 0.0344. The number of anilines is 1. The fourth-order valence-corrected chi connectivity index (χ4v) is 0.774. The molecule has 1 aromatic heterocycles. The van der Waals surface area contributed by atoms with Crippen molar-refractivity contribution in [1.29, 1.82) is 0 Å². The van der Waals surface area contributed by atoms with Crippen molar-refractivity contribution in [2.75, 3.05) is 12.8 Å². The number of ether oxygens (including phenoxy) is 1. The first kappa shape index (κ1) is 7.81. The lowest BCUT2D eigenvalue weighted by Crippen LogP contribution is -2.11. The van der Waals surface area contributed by atoms with Crippen LogP contribution >= 0.6 is 0 Å². The first-order valence-corrected chi connectivity index (χ1v) is 3.18. The standard InChI is InChI=1S/C7H10N2O2/c1-11-5-9-3-2-7(10)6(8)4-9/h2-4H,5,8H2,1H3. The Hall–Kier alpha value is -1.29. The molecule has 0 aliphatic rings. The average molecular weight is 154 g/mol. The molecule has 11 heavy (non-hydrogen) atoms. The molecule has 1 heterocycles. The Balaban J connectivity index is 2.96. The normalized spacial score (nSPS) is 9.91. The van der Waals surface area contributed by atoms with Crippen LogP contribution in [-0.4, -0.2) is 11.7 Å². The van der Waals surface area contributed by atoms with Crippen LogP contribution in [0.15, 0.2) is 23.3 Å². The van der Waals surface area contributed by atoms with Crippen molar-refractivity contribution in [3.63, 3.8) is 0 Å². The van der Waals surface area contributed by atoms with Gasteiger partial charge >= 0.3 is 0 Å². The van der Waals surface area contributed by atoms with Crippen LogP contribution < -0.4 is 11.2 Å². The fourth-order valence-electron chi connectivity index (χ4n) is 0.774. The quantitative estimate of drug-likeness (QED) is 0.654. The van der Waals surface area contributed by atoms with Crippen molar-refractivity contribution in [3.8, 4) is 0 Å². The van der Waals surface area contributed by atoms with Crippen molar-refractivity contribution < 1.29 is 4.74 Å². The second-order valence-electron chi connectivity index (χ2n) is 2.20. The molecule has 0 spiro atoms. The van der Waals surface area contributed by atoms with E-state index >= 15 is 0 Å². The summed E-state index contributed by atoms with van der Waals surface area (Å²) in [7, 11) is 1.58. The molecule has 1 aromatic rings. The van der Waals surface area contributed by atoms with Crippen LogP contribution in [0.25, 0.3) is 0 Å². The molecule has 0 saturated heterocycles. The maximum Gasteiger partial charge on any atom is 0.204 e. The Morgan fingerprint density at radius 1 is 1.73 bits per heavy atom. The highest BCUT2D eigenvalue weighted by Crippen LogP contribution is 1.92. The van der Waals surface area contributed by atoms with Gasteiger partial charge in [-0.1, -0.05) is 0 Å². The van der Waals surface area contributed by atoms with Gasteiger partial charge in [-0.2, -0.15) is 0 Å². The molecule has 0 radical (unpaired) electrons. The van der Waals surface area contributed by atoms with E-state index in [0.717, 1.165) is 0 Å². The smallest absolute Gasteiger partial charge is 0.204 e. The van der Waals surface area contributed by atoms with Crippen LogP contribution in [-0.2, 0) is 11.5 Å². The molecule has 0 unspecified atom stereocenters. The first-order valence-electron chi connectivity index (χ1n) is 3.18. The molecular formula is C7H10N2O2. The van der Waals surface area contributed by atoms with Crippen LogP contribution in [0.3, 0.4) is 0 Å². The number of hydrogen-bond donors (Lipinski definition) is 1. The van der Waals surface area contributed by atoms with Gasteiger partial charge in [0.2, 0.25) is 5.43 Å². The number of methoxy groups -OCH3 is 1. The topological polar surface area (TPSA) is 57.2 Å². The van der Waals surface area contributed by atoms with Crippen LogP contribution in [0.1, 0.15) is 0 Å². The SMILES string of the molecule is COCn1ccc(=O)c(N)c1. The summed E-state index contributed by atoms with van der Waals surface area (Å²) in [5.74, 6) is 0. The zero-order chi connectivity index (χ0) is 8.27. The Morgan fingerprint density at radius 3 is 3.00 bits per heavy atom. The Bertz CT molecular complexity index is 293. The minimum Gasteiger partial charge on any atom is -0.394 e. The van der Waals surface area contributed by atoms with Gasteiger partial charge in [-0.3, -0.25) is 4.79 Å². The number of nitrogen functional groups attached to an aromatic ring is 1. The van der Waals surface area contributed by atoms with Gasteiger partial charge in [-0.05, 0) is 0 Å². The summed E-state index contributed by atoms with van der Waals surface area (Å²) in [5.41, 5.74) is 5.45. The van der Waals surface area contributed by atoms with Crippen molar-refractivity contribution in [2.24, 2.45) is 0 Å². The minimum absolute atomic E-state index is 0.155. The molecular weight excluding hydrogens is 144 g/mol. The molecule has 0 atom stereocenters. The van der Waals surface area contributed by atoms with E-state index < -0.39 is 0 Å². The Kier molecular flexibility index (Phi) is 2.28. The number of aromatic nitrogens is 1. The lowest BCUT2D eigenvalue weighted by Gasteiger charge is -2.03. The highest BCUT2D eigenvalue weighted by Gasteiger charge is 1.92. The van der Waals surface area contributed by atoms with Crippen LogP contribution in [0.4, 0.5) is 5.69 Å². The summed E-state index contributed by atoms with van der Waals surface area (Å²) < 4.78 is 6.52. The van der Waals surface area contributed by atoms with Gasteiger partial charge in [0.25, 0.3) is 0 Å². The van der Waals surface area contributed by atoms with Crippen molar-refractivity contribution in [3.05, 3.63) is 28.7 Å². The van der Waals surface area contributed by atoms with E-state index in [4.69, 9.17) is 10.5 Å².